The summed E-state index contributed by atoms with van der Waals surface area (Å²) < 4.78 is 7.75. The zero-order valence-corrected chi connectivity index (χ0v) is 13.1. The van der Waals surface area contributed by atoms with E-state index in [1.807, 2.05) is 49.5 Å². The van der Waals surface area contributed by atoms with Crippen LogP contribution in [0.4, 0.5) is 5.82 Å². The van der Waals surface area contributed by atoms with E-state index in [9.17, 15) is 0 Å². The van der Waals surface area contributed by atoms with Gasteiger partial charge in [0, 0.05) is 18.7 Å². The lowest BCUT2D eigenvalue weighted by atomic mass is 10.2. The minimum absolute atomic E-state index is 0.559. The summed E-state index contributed by atoms with van der Waals surface area (Å²) in [6.07, 6.45) is 1.90. The molecule has 3 aromatic rings. The van der Waals surface area contributed by atoms with Gasteiger partial charge >= 0.3 is 0 Å². The maximum atomic E-state index is 5.96. The van der Waals surface area contributed by atoms with Crippen molar-refractivity contribution in [1.29, 1.82) is 0 Å². The van der Waals surface area contributed by atoms with Crippen molar-refractivity contribution < 1.29 is 4.74 Å². The minimum atomic E-state index is 0.559. The SMILES string of the molecule is CCn1cc(NCc2ccccc2OCc2ccccc2)nn1. The van der Waals surface area contributed by atoms with Crippen molar-refractivity contribution in [1.82, 2.24) is 15.0 Å². The maximum Gasteiger partial charge on any atom is 0.168 e. The molecule has 1 N–H and O–H groups in total. The number of nitrogens with one attached hydrogen (secondary N) is 1. The first kappa shape index (κ1) is 15.1. The molecule has 3 rings (SSSR count). The third-order valence-corrected chi connectivity index (χ3v) is 3.53. The summed E-state index contributed by atoms with van der Waals surface area (Å²) in [7, 11) is 0. The number of para-hydroxylation sites is 1. The van der Waals surface area contributed by atoms with E-state index in [0.717, 1.165) is 29.2 Å². The first-order chi connectivity index (χ1) is 11.3. The normalized spacial score (nSPS) is 10.5. The van der Waals surface area contributed by atoms with E-state index in [1.54, 1.807) is 4.68 Å². The van der Waals surface area contributed by atoms with E-state index in [-0.39, 0.29) is 0 Å². The lowest BCUT2D eigenvalue weighted by Crippen LogP contribution is -2.04. The Bertz CT molecular complexity index is 740. The summed E-state index contributed by atoms with van der Waals surface area (Å²) in [4.78, 5) is 0. The molecule has 0 unspecified atom stereocenters. The van der Waals surface area contributed by atoms with E-state index in [1.165, 1.54) is 0 Å². The van der Waals surface area contributed by atoms with Gasteiger partial charge in [-0.25, -0.2) is 0 Å². The molecule has 0 saturated heterocycles. The van der Waals surface area contributed by atoms with Gasteiger partial charge in [0.25, 0.3) is 0 Å². The van der Waals surface area contributed by atoms with Crippen LogP contribution in [0.2, 0.25) is 0 Å². The molecule has 1 heterocycles. The Morgan fingerprint density at radius 1 is 1.04 bits per heavy atom. The lowest BCUT2D eigenvalue weighted by Gasteiger charge is -2.12. The van der Waals surface area contributed by atoms with Crippen LogP contribution in [-0.4, -0.2) is 15.0 Å². The molecule has 0 aliphatic carbocycles. The third kappa shape index (κ3) is 4.10. The highest BCUT2D eigenvalue weighted by Crippen LogP contribution is 2.20. The standard InChI is InChI=1S/C18H20N4O/c1-2-22-13-18(20-21-22)19-12-16-10-6-7-11-17(16)23-14-15-8-4-3-5-9-15/h3-11,13,19H,2,12,14H2,1H3. The van der Waals surface area contributed by atoms with Crippen molar-refractivity contribution >= 4 is 5.82 Å². The average Bonchev–Trinajstić information content (AvgIpc) is 3.08. The number of aromatic nitrogens is 3. The summed E-state index contributed by atoms with van der Waals surface area (Å²) in [6.45, 7) is 4.05. The molecule has 0 bridgehead atoms. The van der Waals surface area contributed by atoms with Gasteiger partial charge in [-0.2, -0.15) is 0 Å². The summed E-state index contributed by atoms with van der Waals surface area (Å²) in [5.41, 5.74) is 2.25. The Hall–Kier alpha value is -2.82. The van der Waals surface area contributed by atoms with E-state index < -0.39 is 0 Å². The van der Waals surface area contributed by atoms with Crippen LogP contribution in [0.3, 0.4) is 0 Å². The van der Waals surface area contributed by atoms with Crippen LogP contribution in [0.5, 0.6) is 5.75 Å². The van der Waals surface area contributed by atoms with Crippen LogP contribution in [0.25, 0.3) is 0 Å². The predicted octanol–water partition coefficient (Wildman–Crippen LogP) is 3.49. The molecule has 1 aromatic heterocycles. The smallest absolute Gasteiger partial charge is 0.168 e. The molecule has 2 aromatic carbocycles. The van der Waals surface area contributed by atoms with Crippen molar-refractivity contribution in [2.45, 2.75) is 26.6 Å². The van der Waals surface area contributed by atoms with E-state index in [4.69, 9.17) is 4.74 Å². The van der Waals surface area contributed by atoms with Crippen LogP contribution in [0.15, 0.2) is 60.8 Å². The average molecular weight is 308 g/mol. The van der Waals surface area contributed by atoms with Crippen LogP contribution in [0, 0.1) is 0 Å². The van der Waals surface area contributed by atoms with Gasteiger partial charge in [-0.15, -0.1) is 5.10 Å². The van der Waals surface area contributed by atoms with Gasteiger partial charge in [0.1, 0.15) is 12.4 Å². The van der Waals surface area contributed by atoms with Crippen LogP contribution < -0.4 is 10.1 Å². The fraction of sp³-hybridized carbons (Fsp3) is 0.222. The second kappa shape index (κ2) is 7.45. The minimum Gasteiger partial charge on any atom is -0.489 e. The first-order valence-electron chi connectivity index (χ1n) is 7.74. The van der Waals surface area contributed by atoms with Crippen LogP contribution >= 0.6 is 0 Å². The number of hydrogen-bond acceptors (Lipinski definition) is 4. The number of hydrogen-bond donors (Lipinski definition) is 1. The molecule has 5 heteroatoms. The number of ether oxygens (including phenoxy) is 1. The summed E-state index contributed by atoms with van der Waals surface area (Å²) in [5.74, 6) is 1.65. The molecule has 118 valence electrons. The van der Waals surface area contributed by atoms with Crippen molar-refractivity contribution in [2.24, 2.45) is 0 Å². The molecule has 0 amide bonds. The van der Waals surface area contributed by atoms with Crippen molar-refractivity contribution in [3.63, 3.8) is 0 Å². The Balaban J connectivity index is 1.63. The third-order valence-electron chi connectivity index (χ3n) is 3.53. The molecule has 23 heavy (non-hydrogen) atoms. The van der Waals surface area contributed by atoms with Gasteiger partial charge < -0.3 is 10.1 Å². The van der Waals surface area contributed by atoms with Crippen molar-refractivity contribution in [3.8, 4) is 5.75 Å². The highest BCUT2D eigenvalue weighted by Gasteiger charge is 2.05. The first-order valence-corrected chi connectivity index (χ1v) is 7.74. The Labute approximate surface area is 135 Å². The Morgan fingerprint density at radius 3 is 2.61 bits per heavy atom. The summed E-state index contributed by atoms with van der Waals surface area (Å²) in [5, 5.41) is 11.4. The second-order valence-electron chi connectivity index (χ2n) is 5.20. The molecule has 0 atom stereocenters. The molecular weight excluding hydrogens is 288 g/mol. The molecular formula is C18H20N4O. The van der Waals surface area contributed by atoms with Gasteiger partial charge in [0.05, 0.1) is 6.20 Å². The number of anilines is 1. The van der Waals surface area contributed by atoms with Crippen LogP contribution in [0.1, 0.15) is 18.1 Å². The molecule has 0 radical (unpaired) electrons. The molecule has 0 aliphatic heterocycles. The molecule has 0 fully saturated rings. The van der Waals surface area contributed by atoms with Crippen molar-refractivity contribution in [3.05, 3.63) is 71.9 Å². The van der Waals surface area contributed by atoms with Crippen molar-refractivity contribution in [2.75, 3.05) is 5.32 Å². The van der Waals surface area contributed by atoms with Gasteiger partial charge in [0.2, 0.25) is 0 Å². The zero-order valence-electron chi connectivity index (χ0n) is 13.1. The lowest BCUT2D eigenvalue weighted by molar-refractivity contribution is 0.303. The highest BCUT2D eigenvalue weighted by atomic mass is 16.5. The quantitative estimate of drug-likeness (QED) is 0.726. The Morgan fingerprint density at radius 2 is 1.83 bits per heavy atom. The van der Waals surface area contributed by atoms with Gasteiger partial charge in [-0.05, 0) is 18.6 Å². The largest absolute Gasteiger partial charge is 0.489 e. The molecule has 5 nitrogen and oxygen atoms in total. The van der Waals surface area contributed by atoms with E-state index in [0.29, 0.717) is 13.2 Å². The molecule has 0 spiro atoms. The van der Waals surface area contributed by atoms with Gasteiger partial charge in [0.15, 0.2) is 5.82 Å². The fourth-order valence-corrected chi connectivity index (χ4v) is 2.25. The highest BCUT2D eigenvalue weighted by molar-refractivity contribution is 5.38. The Kier molecular flexibility index (Phi) is 4.88. The van der Waals surface area contributed by atoms with E-state index in [2.05, 4.69) is 33.8 Å². The molecule has 0 aliphatic rings. The summed E-state index contributed by atoms with van der Waals surface area (Å²) >= 11 is 0. The molecule has 0 saturated carbocycles. The van der Waals surface area contributed by atoms with Gasteiger partial charge in [-0.3, -0.25) is 4.68 Å². The van der Waals surface area contributed by atoms with Gasteiger partial charge in [-0.1, -0.05) is 53.7 Å². The number of nitrogens with zero attached hydrogens (tertiary/aromatic N) is 3. The number of rotatable bonds is 7. The van der Waals surface area contributed by atoms with Crippen LogP contribution in [-0.2, 0) is 19.7 Å². The maximum absolute atomic E-state index is 5.96. The summed E-state index contributed by atoms with van der Waals surface area (Å²) in [6, 6.07) is 18.2. The zero-order chi connectivity index (χ0) is 15.9. The fourth-order valence-electron chi connectivity index (χ4n) is 2.25. The number of aryl methyl sites for hydroxylation is 1. The second-order valence-corrected chi connectivity index (χ2v) is 5.20. The number of benzene rings is 2. The topological polar surface area (TPSA) is 52.0 Å². The predicted molar refractivity (Wildman–Crippen MR) is 90.2 cm³/mol. The van der Waals surface area contributed by atoms with E-state index >= 15 is 0 Å². The monoisotopic (exact) mass is 308 g/mol.